The third kappa shape index (κ3) is 7.10. The van der Waals surface area contributed by atoms with Gasteiger partial charge >= 0.3 is 11.8 Å². The van der Waals surface area contributed by atoms with Crippen LogP contribution in [0.5, 0.6) is 0 Å². The van der Waals surface area contributed by atoms with Crippen molar-refractivity contribution >= 4 is 18.1 Å². The van der Waals surface area contributed by atoms with Crippen LogP contribution in [0, 0.1) is 0 Å². The summed E-state index contributed by atoms with van der Waals surface area (Å²) in [5, 5.41) is 6.81. The molecule has 0 radical (unpaired) electrons. The van der Waals surface area contributed by atoms with Gasteiger partial charge in [0, 0.05) is 12.8 Å². The molecule has 27 heavy (non-hydrogen) atoms. The number of amides is 1. The summed E-state index contributed by atoms with van der Waals surface area (Å²) < 4.78 is 13.3. The van der Waals surface area contributed by atoms with E-state index in [1.54, 1.807) is 4.57 Å². The molecule has 0 saturated carbocycles. The Kier molecular flexibility index (Phi) is 7.49. The molecule has 1 N–H and O–H groups in total. The number of rotatable bonds is 8. The van der Waals surface area contributed by atoms with Gasteiger partial charge in [-0.05, 0) is 43.9 Å². The average Bonchev–Trinajstić information content (AvgIpc) is 2.93. The van der Waals surface area contributed by atoms with Gasteiger partial charge in [0.25, 0.3) is 0 Å². The number of nitrogens with zero attached hydrogens (tertiary/aromatic N) is 3. The van der Waals surface area contributed by atoms with E-state index in [0.717, 1.165) is 11.1 Å². The van der Waals surface area contributed by atoms with Crippen molar-refractivity contribution < 1.29 is 13.7 Å². The van der Waals surface area contributed by atoms with Gasteiger partial charge in [-0.15, -0.1) is 0 Å². The molecule has 0 aliphatic rings. The van der Waals surface area contributed by atoms with Crippen LogP contribution in [0.4, 0.5) is 4.79 Å². The normalized spacial score (nSPS) is 11.4. The first-order chi connectivity index (χ1) is 12.8. The lowest BCUT2D eigenvalue weighted by molar-refractivity contribution is 0.0523. The summed E-state index contributed by atoms with van der Waals surface area (Å²) in [6.07, 6.45) is 2.91. The Bertz CT molecular complexity index is 793. The highest BCUT2D eigenvalue weighted by Crippen LogP contribution is 2.08. The molecule has 0 unspecified atom stereocenters. The van der Waals surface area contributed by atoms with Crippen LogP contribution in [-0.4, -0.2) is 38.9 Å². The van der Waals surface area contributed by atoms with Gasteiger partial charge in [-0.3, -0.25) is 4.57 Å². The monoisotopic (exact) mass is 394 g/mol. The van der Waals surface area contributed by atoms with E-state index in [-0.39, 0.29) is 5.69 Å². The largest absolute Gasteiger partial charge is 0.444 e. The molecule has 0 fully saturated rings. The van der Waals surface area contributed by atoms with Crippen LogP contribution < -0.4 is 11.0 Å². The van der Waals surface area contributed by atoms with Crippen molar-refractivity contribution in [2.45, 2.75) is 46.0 Å². The highest BCUT2D eigenvalue weighted by Gasteiger charge is 2.15. The lowest BCUT2D eigenvalue weighted by Crippen LogP contribution is -2.32. The van der Waals surface area contributed by atoms with E-state index in [4.69, 9.17) is 8.92 Å². The summed E-state index contributed by atoms with van der Waals surface area (Å²) in [5.41, 5.74) is 1.22. The molecule has 148 valence electrons. The minimum Gasteiger partial charge on any atom is -0.444 e. The summed E-state index contributed by atoms with van der Waals surface area (Å²) >= 11 is 1.26. The van der Waals surface area contributed by atoms with Gasteiger partial charge in [-0.25, -0.2) is 14.3 Å². The van der Waals surface area contributed by atoms with Gasteiger partial charge < -0.3 is 14.2 Å². The van der Waals surface area contributed by atoms with E-state index in [1.807, 2.05) is 51.3 Å². The van der Waals surface area contributed by atoms with E-state index < -0.39 is 11.7 Å². The first kappa shape index (κ1) is 21.0. The zero-order chi connectivity index (χ0) is 19.9. The third-order valence-electron chi connectivity index (χ3n) is 3.51. The number of benzene rings is 1. The average molecular weight is 394 g/mol. The van der Waals surface area contributed by atoms with Crippen molar-refractivity contribution in [3.8, 4) is 0 Å². The highest BCUT2D eigenvalue weighted by molar-refractivity contribution is 7.93. The molecule has 0 aliphatic heterocycles. The van der Waals surface area contributed by atoms with Crippen molar-refractivity contribution in [2.75, 3.05) is 12.9 Å². The standard InChI is InChI=1S/C18H26N4O4S/c1-18(2,3)26-16(23)19-11-14-5-7-15(8-6-14)12-21-13-20-22(17(21)24)9-10-25-27-4/h5-8,13H,9-12H2,1-4H3,(H,19,23). The number of hydrogen-bond acceptors (Lipinski definition) is 6. The first-order valence-electron chi connectivity index (χ1n) is 8.61. The minimum absolute atomic E-state index is 0.171. The molecule has 8 nitrogen and oxygen atoms in total. The lowest BCUT2D eigenvalue weighted by atomic mass is 10.1. The molecule has 0 aliphatic carbocycles. The van der Waals surface area contributed by atoms with Gasteiger partial charge in [0.2, 0.25) is 0 Å². The van der Waals surface area contributed by atoms with Crippen molar-refractivity contribution in [1.29, 1.82) is 0 Å². The Labute approximate surface area is 163 Å². The van der Waals surface area contributed by atoms with Gasteiger partial charge in [0.15, 0.2) is 0 Å². The highest BCUT2D eigenvalue weighted by atomic mass is 32.2. The molecule has 0 spiro atoms. The minimum atomic E-state index is -0.521. The predicted octanol–water partition coefficient (Wildman–Crippen LogP) is 2.41. The third-order valence-corrected chi connectivity index (χ3v) is 3.92. The van der Waals surface area contributed by atoms with E-state index in [1.165, 1.54) is 23.1 Å². The maximum Gasteiger partial charge on any atom is 0.407 e. The molecule has 1 aromatic heterocycles. The molecule has 2 aromatic rings. The summed E-state index contributed by atoms with van der Waals surface area (Å²) in [4.78, 5) is 23.9. The van der Waals surface area contributed by atoms with Crippen LogP contribution in [0.2, 0.25) is 0 Å². The van der Waals surface area contributed by atoms with Crippen LogP contribution in [0.15, 0.2) is 35.4 Å². The van der Waals surface area contributed by atoms with Crippen molar-refractivity contribution in [3.05, 3.63) is 52.2 Å². The Morgan fingerprint density at radius 2 is 1.89 bits per heavy atom. The Hall–Kier alpha value is -2.26. The number of nitrogens with one attached hydrogen (secondary N) is 1. The fourth-order valence-corrected chi connectivity index (χ4v) is 2.53. The van der Waals surface area contributed by atoms with Crippen molar-refractivity contribution in [3.63, 3.8) is 0 Å². The van der Waals surface area contributed by atoms with Gasteiger partial charge in [0.05, 0.1) is 19.7 Å². The Balaban J connectivity index is 1.89. The number of aromatic nitrogens is 3. The Morgan fingerprint density at radius 1 is 1.22 bits per heavy atom. The second kappa shape index (κ2) is 9.61. The summed E-state index contributed by atoms with van der Waals surface area (Å²) in [7, 11) is 0. The zero-order valence-corrected chi connectivity index (χ0v) is 16.9. The topological polar surface area (TPSA) is 87.4 Å². The van der Waals surface area contributed by atoms with Crippen LogP contribution in [0.25, 0.3) is 0 Å². The molecule has 9 heteroatoms. The quantitative estimate of drug-likeness (QED) is 0.546. The SMILES string of the molecule is CSOCCn1ncn(Cc2ccc(CNC(=O)OC(C)(C)C)cc2)c1=O. The van der Waals surface area contributed by atoms with Crippen LogP contribution in [0.3, 0.4) is 0 Å². The van der Waals surface area contributed by atoms with E-state index in [0.29, 0.717) is 26.2 Å². The number of ether oxygens (including phenoxy) is 1. The van der Waals surface area contributed by atoms with Crippen LogP contribution >= 0.6 is 12.0 Å². The first-order valence-corrected chi connectivity index (χ1v) is 9.76. The smallest absolute Gasteiger partial charge is 0.407 e. The van der Waals surface area contributed by atoms with Gasteiger partial charge in [-0.2, -0.15) is 5.10 Å². The van der Waals surface area contributed by atoms with Gasteiger partial charge in [-0.1, -0.05) is 24.3 Å². The molecule has 1 aromatic carbocycles. The summed E-state index contributed by atoms with van der Waals surface area (Å²) in [6, 6.07) is 7.67. The summed E-state index contributed by atoms with van der Waals surface area (Å²) in [5.74, 6) is 0. The van der Waals surface area contributed by atoms with Crippen molar-refractivity contribution in [2.24, 2.45) is 0 Å². The molecule has 1 heterocycles. The van der Waals surface area contributed by atoms with E-state index >= 15 is 0 Å². The lowest BCUT2D eigenvalue weighted by Gasteiger charge is -2.19. The fraction of sp³-hybridized carbons (Fsp3) is 0.500. The van der Waals surface area contributed by atoms with Crippen LogP contribution in [0.1, 0.15) is 31.9 Å². The van der Waals surface area contributed by atoms with E-state index in [9.17, 15) is 9.59 Å². The number of carbonyl (C=O) groups excluding carboxylic acids is 1. The second-order valence-corrected chi connectivity index (χ2v) is 7.49. The van der Waals surface area contributed by atoms with Crippen molar-refractivity contribution in [1.82, 2.24) is 19.7 Å². The number of hydrogen-bond donors (Lipinski definition) is 1. The van der Waals surface area contributed by atoms with Gasteiger partial charge in [0.1, 0.15) is 11.9 Å². The second-order valence-electron chi connectivity index (χ2n) is 6.93. The Morgan fingerprint density at radius 3 is 2.52 bits per heavy atom. The maximum atomic E-state index is 12.3. The number of alkyl carbamates (subject to hydrolysis) is 1. The molecule has 1 amide bonds. The molecular weight excluding hydrogens is 368 g/mol. The molecular formula is C18H26N4O4S. The van der Waals surface area contributed by atoms with Crippen LogP contribution in [-0.2, 0) is 28.6 Å². The molecule has 2 rings (SSSR count). The summed E-state index contributed by atoms with van der Waals surface area (Å²) in [6.45, 7) is 7.12. The van der Waals surface area contributed by atoms with E-state index in [2.05, 4.69) is 10.4 Å². The molecule has 0 bridgehead atoms. The molecule has 0 saturated heterocycles. The fourth-order valence-electron chi connectivity index (χ4n) is 2.29. The zero-order valence-electron chi connectivity index (χ0n) is 16.1. The molecule has 0 atom stereocenters. The number of carbonyl (C=O) groups is 1. The maximum absolute atomic E-state index is 12.3. The predicted molar refractivity (Wildman–Crippen MR) is 105 cm³/mol.